The summed E-state index contributed by atoms with van der Waals surface area (Å²) in [4.78, 5) is 42.5. The second-order valence-electron chi connectivity index (χ2n) is 9.19. The van der Waals surface area contributed by atoms with Crippen molar-refractivity contribution in [2.24, 2.45) is 11.7 Å². The molecule has 6 rings (SSSR count). The van der Waals surface area contributed by atoms with E-state index in [4.69, 9.17) is 19.4 Å². The van der Waals surface area contributed by atoms with Gasteiger partial charge in [0.15, 0.2) is 5.72 Å². The number of pyridine rings is 1. The number of allylic oxidation sites excluding steroid dienone is 2. The Bertz CT molecular complexity index is 1400. The number of anilines is 1. The summed E-state index contributed by atoms with van der Waals surface area (Å²) in [5, 5.41) is 24.9. The number of methoxy groups -OCH3 is 2. The Labute approximate surface area is 211 Å². The smallest absolute Gasteiger partial charge is 0.402 e. The molecule has 1 aliphatic carbocycles. The number of hydrogen-bond acceptors (Lipinski definition) is 10. The van der Waals surface area contributed by atoms with E-state index in [0.717, 1.165) is 5.39 Å². The van der Waals surface area contributed by atoms with Gasteiger partial charge in [-0.15, -0.1) is 0 Å². The third-order valence-corrected chi connectivity index (χ3v) is 7.39. The highest BCUT2D eigenvalue weighted by Crippen LogP contribution is 2.55. The normalized spacial score (nSPS) is 27.5. The molecule has 12 heteroatoms. The molecule has 37 heavy (non-hydrogen) atoms. The molecule has 1 aromatic heterocycles. The Morgan fingerprint density at radius 1 is 1.32 bits per heavy atom. The molecule has 0 saturated carbocycles. The first-order valence-electron chi connectivity index (χ1n) is 11.6. The van der Waals surface area contributed by atoms with Crippen LogP contribution in [0.5, 0.6) is 5.75 Å². The summed E-state index contributed by atoms with van der Waals surface area (Å²) >= 11 is 0. The van der Waals surface area contributed by atoms with Crippen LogP contribution >= 0.6 is 0 Å². The summed E-state index contributed by atoms with van der Waals surface area (Å²) in [7, 11) is 3.14. The largest absolute Gasteiger partial charge is 0.497 e. The Morgan fingerprint density at radius 2 is 2.05 bits per heavy atom. The molecule has 3 aliphatic heterocycles. The zero-order chi connectivity index (χ0) is 26.6. The molecule has 0 radical (unpaired) electrons. The van der Waals surface area contributed by atoms with Crippen molar-refractivity contribution in [2.45, 2.75) is 24.7 Å². The van der Waals surface area contributed by atoms with Crippen molar-refractivity contribution in [1.29, 1.82) is 0 Å². The highest BCUT2D eigenvalue weighted by molar-refractivity contribution is 6.27. The molecule has 2 aromatic rings. The van der Waals surface area contributed by atoms with Gasteiger partial charge in [-0.05, 0) is 19.1 Å². The predicted molar refractivity (Wildman–Crippen MR) is 132 cm³/mol. The Balaban J connectivity index is 0.000000655. The zero-order valence-electron chi connectivity index (χ0n) is 20.4. The fraction of sp³-hybridized carbons (Fsp3) is 0.360. The van der Waals surface area contributed by atoms with Gasteiger partial charge in [0.25, 0.3) is 0 Å². The number of ether oxygens (including phenoxy) is 2. The van der Waals surface area contributed by atoms with Crippen LogP contribution in [0, 0.1) is 5.92 Å². The van der Waals surface area contributed by atoms with Crippen LogP contribution in [0.3, 0.4) is 0 Å². The molecule has 2 saturated heterocycles. The summed E-state index contributed by atoms with van der Waals surface area (Å²) in [6.45, 7) is 1.91. The van der Waals surface area contributed by atoms with Crippen LogP contribution in [0.15, 0.2) is 53.0 Å². The number of primary amides is 1. The van der Waals surface area contributed by atoms with Gasteiger partial charge in [0.2, 0.25) is 11.6 Å². The van der Waals surface area contributed by atoms with Gasteiger partial charge in [-0.25, -0.2) is 4.79 Å². The number of Topliss-reactive ketones (excluding diaryl/α,β-unsaturated/α-hetero) is 2. The number of nitrogens with zero attached hydrogens (tertiary/aromatic N) is 2. The quantitative estimate of drug-likeness (QED) is 0.280. The lowest BCUT2D eigenvalue weighted by molar-refractivity contribution is -0.137. The molecular formula is C25H27N5O7. The van der Waals surface area contributed by atoms with Crippen molar-refractivity contribution in [1.82, 2.24) is 15.2 Å². The Morgan fingerprint density at radius 3 is 2.70 bits per heavy atom. The minimum absolute atomic E-state index is 0.0332. The number of hydrogen-bond donors (Lipinski definition) is 5. The summed E-state index contributed by atoms with van der Waals surface area (Å²) in [5.41, 5.74) is 5.48. The molecule has 12 nitrogen and oxygen atoms in total. The number of aromatic nitrogens is 1. The van der Waals surface area contributed by atoms with E-state index in [2.05, 4.69) is 21.4 Å². The van der Waals surface area contributed by atoms with Gasteiger partial charge >= 0.3 is 6.09 Å². The van der Waals surface area contributed by atoms with Crippen LogP contribution in [0.1, 0.15) is 6.92 Å². The van der Waals surface area contributed by atoms with E-state index in [0.29, 0.717) is 40.3 Å². The molecule has 1 amide bonds. The standard InChI is InChI=1S/C24H24N4O5.CH3NO2/c1-11-18(26-15-8-13(32-2)7-12-5-4-6-25-19(12)15)22(31)17-14(10-29)24(33-3)23-16(27-23)9-28(24)20(17)21(11)30;2-1(3)4/h4-8,14,16,23,26-27,29H,9-10H2,1-3H3;2H2,(H,3,4). The second-order valence-corrected chi connectivity index (χ2v) is 9.19. The molecule has 4 unspecified atom stereocenters. The van der Waals surface area contributed by atoms with Crippen molar-refractivity contribution >= 4 is 34.3 Å². The summed E-state index contributed by atoms with van der Waals surface area (Å²) < 4.78 is 11.4. The van der Waals surface area contributed by atoms with E-state index in [-0.39, 0.29) is 36.0 Å². The number of carbonyl (C=O) groups is 3. The number of nitrogens with two attached hydrogens (primary N) is 1. The van der Waals surface area contributed by atoms with Gasteiger partial charge in [0, 0.05) is 48.5 Å². The summed E-state index contributed by atoms with van der Waals surface area (Å²) in [5.74, 6) is -0.573. The molecule has 4 heterocycles. The van der Waals surface area contributed by atoms with Gasteiger partial charge in [0.05, 0.1) is 48.3 Å². The number of aliphatic hydroxyl groups excluding tert-OH is 1. The molecule has 4 atom stereocenters. The SMILES string of the molecule is COc1cc(NC2=C(C)C(=O)C3=C(C2=O)C(CO)C2(OC)C4NC4CN32)c2ncccc2c1.NC(=O)O. The van der Waals surface area contributed by atoms with Crippen molar-refractivity contribution < 1.29 is 34.1 Å². The van der Waals surface area contributed by atoms with Crippen LogP contribution in [0.2, 0.25) is 0 Å². The average molecular weight is 510 g/mol. The second kappa shape index (κ2) is 8.83. The van der Waals surface area contributed by atoms with Crippen LogP contribution in [0.4, 0.5) is 10.5 Å². The topological polar surface area (TPSA) is 186 Å². The van der Waals surface area contributed by atoms with Crippen molar-refractivity contribution in [2.75, 3.05) is 32.7 Å². The Hall–Kier alpha value is -4.00. The minimum Gasteiger partial charge on any atom is -0.497 e. The maximum atomic E-state index is 13.8. The van der Waals surface area contributed by atoms with Crippen LogP contribution < -0.4 is 21.1 Å². The molecule has 0 bridgehead atoms. The van der Waals surface area contributed by atoms with E-state index >= 15 is 0 Å². The lowest BCUT2D eigenvalue weighted by atomic mass is 9.82. The first kappa shape index (κ1) is 24.7. The van der Waals surface area contributed by atoms with Crippen LogP contribution in [-0.4, -0.2) is 82.9 Å². The summed E-state index contributed by atoms with van der Waals surface area (Å²) in [6, 6.07) is 7.49. The van der Waals surface area contributed by atoms with Crippen molar-refractivity contribution in [3.63, 3.8) is 0 Å². The number of rotatable bonds is 5. The molecule has 1 aromatic carbocycles. The van der Waals surface area contributed by atoms with Crippen LogP contribution in [0.25, 0.3) is 10.9 Å². The van der Waals surface area contributed by atoms with Gasteiger partial charge in [-0.1, -0.05) is 6.07 Å². The number of nitrogens with one attached hydrogen (secondary N) is 2. The number of carbonyl (C=O) groups excluding carboxylic acids is 2. The number of amides is 1. The molecule has 6 N–H and O–H groups in total. The lowest BCUT2D eigenvalue weighted by Crippen LogP contribution is -2.54. The maximum Gasteiger partial charge on any atom is 0.402 e. The van der Waals surface area contributed by atoms with E-state index in [9.17, 15) is 14.7 Å². The van der Waals surface area contributed by atoms with Gasteiger partial charge in [-0.3, -0.25) is 14.6 Å². The number of fused-ring (bicyclic) bond motifs is 5. The number of piperazine rings is 1. The molecule has 194 valence electrons. The third-order valence-electron chi connectivity index (χ3n) is 7.39. The van der Waals surface area contributed by atoms with E-state index in [1.165, 1.54) is 0 Å². The Kier molecular flexibility index (Phi) is 5.89. The number of ketones is 2. The highest BCUT2D eigenvalue weighted by atomic mass is 16.5. The number of carboxylic acid groups (broad SMARTS) is 1. The fourth-order valence-electron chi connectivity index (χ4n) is 5.81. The monoisotopic (exact) mass is 509 g/mol. The zero-order valence-corrected chi connectivity index (χ0v) is 20.4. The molecule has 2 fully saturated rings. The van der Waals surface area contributed by atoms with Gasteiger partial charge in [0.1, 0.15) is 5.75 Å². The number of benzene rings is 1. The lowest BCUT2D eigenvalue weighted by Gasteiger charge is -2.39. The van der Waals surface area contributed by atoms with Gasteiger partial charge in [-0.2, -0.15) is 0 Å². The van der Waals surface area contributed by atoms with E-state index < -0.39 is 17.7 Å². The third kappa shape index (κ3) is 3.56. The molecule has 4 aliphatic rings. The summed E-state index contributed by atoms with van der Waals surface area (Å²) in [6.07, 6.45) is 0.338. The maximum absolute atomic E-state index is 13.8. The highest BCUT2D eigenvalue weighted by Gasteiger charge is 2.72. The predicted octanol–water partition coefficient (Wildman–Crippen LogP) is 0.579. The number of aliphatic hydroxyl groups is 1. The molecular weight excluding hydrogens is 482 g/mol. The minimum atomic E-state index is -1.33. The van der Waals surface area contributed by atoms with Crippen molar-refractivity contribution in [3.05, 3.63) is 53.0 Å². The van der Waals surface area contributed by atoms with Crippen molar-refractivity contribution in [3.8, 4) is 5.75 Å². The van der Waals surface area contributed by atoms with E-state index in [1.54, 1.807) is 33.4 Å². The first-order chi connectivity index (χ1) is 17.7. The average Bonchev–Trinajstić information content (AvgIpc) is 3.49. The van der Waals surface area contributed by atoms with E-state index in [1.807, 2.05) is 23.1 Å². The van der Waals surface area contributed by atoms with Crippen LogP contribution in [-0.2, 0) is 14.3 Å². The fourth-order valence-corrected chi connectivity index (χ4v) is 5.81. The first-order valence-corrected chi connectivity index (χ1v) is 11.6. The van der Waals surface area contributed by atoms with Gasteiger partial charge < -0.3 is 41.0 Å². The molecule has 0 spiro atoms.